The molecule has 3 nitrogen and oxygen atoms in total. The monoisotopic (exact) mass is 614 g/mol. The Kier molecular flexibility index (Phi) is 18.5. The Bertz CT molecular complexity index is 1200. The highest BCUT2D eigenvalue weighted by Gasteiger charge is 2.12. The fourth-order valence-corrected chi connectivity index (χ4v) is 6.09. The standard InChI is InChI=1S/C42H62O3/c1-4-6-8-10-11-12-13-14-15-16-17-18-20-32-44-41-31-30-39-33-37(26-29-40(39)34-41)23-22-36-24-27-38(28-25-36)42(43)45-35(3)21-19-9-7-5-2/h24-31,33-35H,4-23,32H2,1-3H3/t35-/m1/s1. The van der Waals surface area contributed by atoms with E-state index in [0.717, 1.165) is 44.5 Å². The SMILES string of the molecule is CCCCCCCCCCCCCCCOc1ccc2cc(CCc3ccc(C(=O)O[C@H](C)CCCCCC)cc3)ccc2c1. The minimum absolute atomic E-state index is 0.0337. The molecule has 0 spiro atoms. The van der Waals surface area contributed by atoms with Crippen LogP contribution in [0.3, 0.4) is 0 Å². The summed E-state index contributed by atoms with van der Waals surface area (Å²) in [5.41, 5.74) is 3.19. The maximum atomic E-state index is 12.5. The van der Waals surface area contributed by atoms with Gasteiger partial charge in [-0.15, -0.1) is 0 Å². The molecule has 0 fully saturated rings. The maximum absolute atomic E-state index is 12.5. The summed E-state index contributed by atoms with van der Waals surface area (Å²) >= 11 is 0. The zero-order valence-electron chi connectivity index (χ0n) is 28.9. The van der Waals surface area contributed by atoms with Crippen LogP contribution in [0.5, 0.6) is 5.75 Å². The van der Waals surface area contributed by atoms with E-state index in [1.165, 1.54) is 118 Å². The third-order valence-corrected chi connectivity index (χ3v) is 9.06. The van der Waals surface area contributed by atoms with Gasteiger partial charge in [0.2, 0.25) is 0 Å². The van der Waals surface area contributed by atoms with Crippen molar-refractivity contribution in [2.45, 2.75) is 155 Å². The van der Waals surface area contributed by atoms with Crippen LogP contribution in [0.4, 0.5) is 0 Å². The van der Waals surface area contributed by atoms with Crippen LogP contribution in [0.25, 0.3) is 10.8 Å². The van der Waals surface area contributed by atoms with Gasteiger partial charge in [0.05, 0.1) is 18.3 Å². The van der Waals surface area contributed by atoms with E-state index in [0.29, 0.717) is 5.56 Å². The molecule has 0 aliphatic rings. The van der Waals surface area contributed by atoms with Gasteiger partial charge in [0.15, 0.2) is 0 Å². The van der Waals surface area contributed by atoms with E-state index in [1.807, 2.05) is 19.1 Å². The molecule has 3 aromatic carbocycles. The van der Waals surface area contributed by atoms with Crippen molar-refractivity contribution < 1.29 is 14.3 Å². The van der Waals surface area contributed by atoms with Crippen molar-refractivity contribution >= 4 is 16.7 Å². The van der Waals surface area contributed by atoms with Crippen LogP contribution in [0.2, 0.25) is 0 Å². The Morgan fingerprint density at radius 3 is 1.73 bits per heavy atom. The lowest BCUT2D eigenvalue weighted by atomic mass is 10.0. The molecule has 45 heavy (non-hydrogen) atoms. The van der Waals surface area contributed by atoms with Crippen molar-refractivity contribution in [1.82, 2.24) is 0 Å². The normalized spacial score (nSPS) is 12.0. The fourth-order valence-electron chi connectivity index (χ4n) is 6.09. The van der Waals surface area contributed by atoms with Crippen molar-refractivity contribution in [2.24, 2.45) is 0 Å². The van der Waals surface area contributed by atoms with Crippen LogP contribution in [0.15, 0.2) is 60.7 Å². The lowest BCUT2D eigenvalue weighted by Gasteiger charge is -2.13. The number of fused-ring (bicyclic) bond motifs is 1. The predicted molar refractivity (Wildman–Crippen MR) is 193 cm³/mol. The van der Waals surface area contributed by atoms with E-state index in [1.54, 1.807) is 0 Å². The molecule has 1 atom stereocenters. The van der Waals surface area contributed by atoms with Crippen LogP contribution >= 0.6 is 0 Å². The molecule has 3 heteroatoms. The van der Waals surface area contributed by atoms with Crippen LogP contribution < -0.4 is 4.74 Å². The van der Waals surface area contributed by atoms with E-state index in [-0.39, 0.29) is 12.1 Å². The second kappa shape index (κ2) is 22.7. The number of esters is 1. The van der Waals surface area contributed by atoms with Gasteiger partial charge in [-0.05, 0) is 85.2 Å². The zero-order chi connectivity index (χ0) is 32.0. The Labute approximate surface area is 275 Å². The Hall–Kier alpha value is -2.81. The summed E-state index contributed by atoms with van der Waals surface area (Å²) < 4.78 is 11.7. The number of hydrogen-bond donors (Lipinski definition) is 0. The molecule has 0 saturated carbocycles. The van der Waals surface area contributed by atoms with Crippen LogP contribution in [-0.2, 0) is 17.6 Å². The second-order valence-electron chi connectivity index (χ2n) is 13.2. The van der Waals surface area contributed by atoms with Crippen molar-refractivity contribution in [3.63, 3.8) is 0 Å². The molecule has 0 heterocycles. The largest absolute Gasteiger partial charge is 0.494 e. The average Bonchev–Trinajstić information content (AvgIpc) is 3.06. The molecule has 0 bridgehead atoms. The van der Waals surface area contributed by atoms with E-state index >= 15 is 0 Å². The highest BCUT2D eigenvalue weighted by molar-refractivity contribution is 5.89. The number of carbonyl (C=O) groups is 1. The van der Waals surface area contributed by atoms with E-state index < -0.39 is 0 Å². The number of aryl methyl sites for hydroxylation is 2. The first-order valence-corrected chi connectivity index (χ1v) is 18.5. The molecule has 0 amide bonds. The van der Waals surface area contributed by atoms with Gasteiger partial charge in [-0.3, -0.25) is 0 Å². The second-order valence-corrected chi connectivity index (χ2v) is 13.2. The molecule has 0 N–H and O–H groups in total. The number of hydrogen-bond acceptors (Lipinski definition) is 3. The predicted octanol–water partition coefficient (Wildman–Crippen LogP) is 12.6. The highest BCUT2D eigenvalue weighted by atomic mass is 16.5. The summed E-state index contributed by atoms with van der Waals surface area (Å²) in [4.78, 5) is 12.5. The summed E-state index contributed by atoms with van der Waals surface area (Å²) in [5, 5.41) is 2.48. The third kappa shape index (κ3) is 15.4. The first kappa shape index (κ1) is 36.7. The van der Waals surface area contributed by atoms with E-state index in [9.17, 15) is 4.79 Å². The molecule has 3 rings (SSSR count). The Morgan fingerprint density at radius 2 is 1.09 bits per heavy atom. The highest BCUT2D eigenvalue weighted by Crippen LogP contribution is 2.23. The van der Waals surface area contributed by atoms with Gasteiger partial charge >= 0.3 is 5.97 Å². The fraction of sp³-hybridized carbons (Fsp3) is 0.595. The van der Waals surface area contributed by atoms with Gasteiger partial charge in [-0.2, -0.15) is 0 Å². The minimum Gasteiger partial charge on any atom is -0.494 e. The van der Waals surface area contributed by atoms with Crippen LogP contribution in [0.1, 0.15) is 158 Å². The molecule has 0 aromatic heterocycles. The Morgan fingerprint density at radius 1 is 0.578 bits per heavy atom. The number of ether oxygens (including phenoxy) is 2. The van der Waals surface area contributed by atoms with Gasteiger partial charge in [0.1, 0.15) is 5.75 Å². The topological polar surface area (TPSA) is 35.5 Å². The van der Waals surface area contributed by atoms with Gasteiger partial charge in [-0.25, -0.2) is 4.79 Å². The van der Waals surface area contributed by atoms with Gasteiger partial charge in [0.25, 0.3) is 0 Å². The number of benzene rings is 3. The summed E-state index contributed by atoms with van der Waals surface area (Å²) in [6, 6.07) is 21.1. The molecule has 3 aromatic rings. The van der Waals surface area contributed by atoms with Gasteiger partial charge < -0.3 is 9.47 Å². The van der Waals surface area contributed by atoms with Crippen molar-refractivity contribution in [1.29, 1.82) is 0 Å². The summed E-state index contributed by atoms with van der Waals surface area (Å²) in [7, 11) is 0. The number of unbranched alkanes of at least 4 members (excludes halogenated alkanes) is 15. The van der Waals surface area contributed by atoms with Crippen molar-refractivity contribution in [3.05, 3.63) is 77.4 Å². The molecular weight excluding hydrogens is 552 g/mol. The average molecular weight is 615 g/mol. The lowest BCUT2D eigenvalue weighted by Crippen LogP contribution is -2.15. The number of carbonyl (C=O) groups excluding carboxylic acids is 1. The quantitative estimate of drug-likeness (QED) is 0.0703. The molecule has 0 aliphatic heterocycles. The van der Waals surface area contributed by atoms with E-state index in [4.69, 9.17) is 9.47 Å². The summed E-state index contributed by atoms with van der Waals surface area (Å²) in [6.07, 6.45) is 25.4. The summed E-state index contributed by atoms with van der Waals surface area (Å²) in [5.74, 6) is 0.755. The smallest absolute Gasteiger partial charge is 0.338 e. The minimum atomic E-state index is -0.216. The zero-order valence-corrected chi connectivity index (χ0v) is 28.9. The molecular formula is C42H62O3. The van der Waals surface area contributed by atoms with Crippen LogP contribution in [-0.4, -0.2) is 18.7 Å². The molecule has 0 saturated heterocycles. The molecule has 0 aliphatic carbocycles. The third-order valence-electron chi connectivity index (χ3n) is 9.06. The maximum Gasteiger partial charge on any atom is 0.338 e. The molecule has 0 radical (unpaired) electrons. The van der Waals surface area contributed by atoms with E-state index in [2.05, 4.69) is 62.4 Å². The first-order valence-electron chi connectivity index (χ1n) is 18.5. The first-order chi connectivity index (χ1) is 22.1. The van der Waals surface area contributed by atoms with Gasteiger partial charge in [-0.1, -0.05) is 147 Å². The number of rotatable bonds is 25. The summed E-state index contributed by atoms with van der Waals surface area (Å²) in [6.45, 7) is 7.29. The van der Waals surface area contributed by atoms with Crippen molar-refractivity contribution in [3.8, 4) is 5.75 Å². The van der Waals surface area contributed by atoms with Crippen molar-refractivity contribution in [2.75, 3.05) is 6.61 Å². The molecule has 0 unspecified atom stereocenters. The lowest BCUT2D eigenvalue weighted by molar-refractivity contribution is 0.0319. The Balaban J connectivity index is 1.29. The van der Waals surface area contributed by atoms with Gasteiger partial charge in [0, 0.05) is 0 Å². The molecule has 248 valence electrons. The van der Waals surface area contributed by atoms with Crippen LogP contribution in [0, 0.1) is 0 Å².